The number of anilines is 3. The van der Waals surface area contributed by atoms with Gasteiger partial charge in [0.15, 0.2) is 11.5 Å². The van der Waals surface area contributed by atoms with Gasteiger partial charge in [0.05, 0.1) is 19.3 Å². The number of halogens is 3. The van der Waals surface area contributed by atoms with Crippen LogP contribution < -0.4 is 15.5 Å². The molecule has 0 aliphatic carbocycles. The number of carbonyl (C=O) groups excluding carboxylic acids is 2. The number of hydrogen-bond donors (Lipinski definition) is 2. The Labute approximate surface area is 203 Å². The van der Waals surface area contributed by atoms with Crippen molar-refractivity contribution in [1.82, 2.24) is 24.7 Å². The molecule has 0 unspecified atom stereocenters. The number of nitrogens with one attached hydrogen (secondary N) is 2. The summed E-state index contributed by atoms with van der Waals surface area (Å²) < 4.78 is 44.7. The summed E-state index contributed by atoms with van der Waals surface area (Å²) >= 11 is 0. The van der Waals surface area contributed by atoms with Crippen molar-refractivity contribution in [3.8, 4) is 0 Å². The van der Waals surface area contributed by atoms with Gasteiger partial charge < -0.3 is 20.3 Å². The molecule has 0 aromatic carbocycles. The van der Waals surface area contributed by atoms with Crippen LogP contribution in [0.1, 0.15) is 41.2 Å². The minimum atomic E-state index is -4.49. The minimum Gasteiger partial charge on any atom is -0.461 e. The number of ether oxygens (including phenoxy) is 1. The minimum absolute atomic E-state index is 0.0676. The number of rotatable bonds is 7. The van der Waals surface area contributed by atoms with Gasteiger partial charge in [-0.25, -0.2) is 9.78 Å². The highest BCUT2D eigenvalue weighted by Crippen LogP contribution is 2.33. The molecule has 1 amide bonds. The van der Waals surface area contributed by atoms with Gasteiger partial charge in [-0.3, -0.25) is 14.5 Å². The third kappa shape index (κ3) is 5.21. The van der Waals surface area contributed by atoms with E-state index >= 15 is 0 Å². The fourth-order valence-electron chi connectivity index (χ4n) is 3.47. The molecule has 36 heavy (non-hydrogen) atoms. The SMILES string of the molecule is CCOC(=O)c1nc(NCc2cnn(Cc3ccc(C(F)(F)F)nc3)c2)nc2c1NC(=O)[C@H](C)N2C. The number of pyridine rings is 1. The normalized spacial score (nSPS) is 15.3. The lowest BCUT2D eigenvalue weighted by Gasteiger charge is -2.32. The molecule has 0 radical (unpaired) electrons. The second-order valence-electron chi connectivity index (χ2n) is 8.04. The molecule has 1 aliphatic heterocycles. The summed E-state index contributed by atoms with van der Waals surface area (Å²) in [4.78, 5) is 38.5. The second-order valence-corrected chi connectivity index (χ2v) is 8.04. The number of alkyl halides is 3. The second kappa shape index (κ2) is 9.79. The van der Waals surface area contributed by atoms with Gasteiger partial charge in [0.25, 0.3) is 0 Å². The van der Waals surface area contributed by atoms with Gasteiger partial charge in [-0.05, 0) is 25.5 Å². The van der Waals surface area contributed by atoms with E-state index in [4.69, 9.17) is 4.74 Å². The number of amides is 1. The lowest BCUT2D eigenvalue weighted by atomic mass is 10.1. The van der Waals surface area contributed by atoms with E-state index in [0.29, 0.717) is 11.4 Å². The van der Waals surface area contributed by atoms with Crippen LogP contribution in [0.25, 0.3) is 0 Å². The Morgan fingerprint density at radius 1 is 1.22 bits per heavy atom. The van der Waals surface area contributed by atoms with Crippen LogP contribution in [0.2, 0.25) is 0 Å². The molecule has 2 N–H and O–H groups in total. The summed E-state index contributed by atoms with van der Waals surface area (Å²) in [5, 5.41) is 9.93. The van der Waals surface area contributed by atoms with Crippen molar-refractivity contribution in [2.75, 3.05) is 29.2 Å². The molecule has 1 aliphatic rings. The van der Waals surface area contributed by atoms with Gasteiger partial charge in [0.1, 0.15) is 17.4 Å². The molecule has 3 aromatic rings. The average Bonchev–Trinajstić information content (AvgIpc) is 3.28. The molecule has 14 heteroatoms. The van der Waals surface area contributed by atoms with Crippen molar-refractivity contribution in [2.45, 2.75) is 39.2 Å². The molecule has 1 atom stereocenters. The van der Waals surface area contributed by atoms with E-state index in [1.165, 1.54) is 6.07 Å². The fourth-order valence-corrected chi connectivity index (χ4v) is 3.47. The molecule has 0 saturated heterocycles. The van der Waals surface area contributed by atoms with Gasteiger partial charge in [-0.1, -0.05) is 6.07 Å². The first-order chi connectivity index (χ1) is 17.1. The van der Waals surface area contributed by atoms with Crippen molar-refractivity contribution in [1.29, 1.82) is 0 Å². The maximum atomic E-state index is 12.7. The van der Waals surface area contributed by atoms with Gasteiger partial charge in [0.2, 0.25) is 11.9 Å². The highest BCUT2D eigenvalue weighted by molar-refractivity contribution is 6.08. The van der Waals surface area contributed by atoms with E-state index in [2.05, 4.69) is 30.7 Å². The summed E-state index contributed by atoms with van der Waals surface area (Å²) in [6, 6.07) is 1.77. The quantitative estimate of drug-likeness (QED) is 0.467. The van der Waals surface area contributed by atoms with Crippen LogP contribution in [0.15, 0.2) is 30.7 Å². The number of fused-ring (bicyclic) bond motifs is 1. The number of likely N-dealkylation sites (N-methyl/N-ethyl adjacent to an activating group) is 1. The molecule has 11 nitrogen and oxygen atoms in total. The molecular formula is C22H23F3N8O3. The van der Waals surface area contributed by atoms with E-state index in [-0.39, 0.29) is 42.9 Å². The van der Waals surface area contributed by atoms with E-state index < -0.39 is 23.9 Å². The molecule has 0 spiro atoms. The Hall–Kier alpha value is -4.23. The average molecular weight is 504 g/mol. The van der Waals surface area contributed by atoms with Crippen LogP contribution >= 0.6 is 0 Å². The van der Waals surface area contributed by atoms with Crippen molar-refractivity contribution in [3.63, 3.8) is 0 Å². The first-order valence-corrected chi connectivity index (χ1v) is 11.0. The number of aromatic nitrogens is 5. The third-order valence-corrected chi connectivity index (χ3v) is 5.50. The molecular weight excluding hydrogens is 481 g/mol. The standard InChI is InChI=1S/C22H23F3N8O3/c1-4-36-20(35)17-16-18(32(3)12(2)19(34)29-16)31-21(30-17)27-8-14-9-28-33(11-14)10-13-5-6-15(26-7-13)22(23,24)25/h5-7,9,11-12H,4,8,10H2,1-3H3,(H,29,34)(H,27,30,31)/t12-/m0/s1. The molecule has 3 aromatic heterocycles. The summed E-state index contributed by atoms with van der Waals surface area (Å²) in [6.45, 7) is 3.98. The summed E-state index contributed by atoms with van der Waals surface area (Å²) in [5.41, 5.74) is 0.457. The number of nitrogens with zero attached hydrogens (tertiary/aromatic N) is 6. The predicted molar refractivity (Wildman–Crippen MR) is 122 cm³/mol. The van der Waals surface area contributed by atoms with E-state index in [1.807, 2.05) is 0 Å². The van der Waals surface area contributed by atoms with Gasteiger partial charge in [0, 0.05) is 31.5 Å². The van der Waals surface area contributed by atoms with Crippen LogP contribution in [0.5, 0.6) is 0 Å². The zero-order chi connectivity index (χ0) is 26.0. The topological polar surface area (TPSA) is 127 Å². The highest BCUT2D eigenvalue weighted by Gasteiger charge is 2.34. The van der Waals surface area contributed by atoms with Crippen LogP contribution in [-0.2, 0) is 28.8 Å². The van der Waals surface area contributed by atoms with Crippen LogP contribution in [0.3, 0.4) is 0 Å². The lowest BCUT2D eigenvalue weighted by Crippen LogP contribution is -2.45. The number of carbonyl (C=O) groups is 2. The Morgan fingerprint density at radius 3 is 2.67 bits per heavy atom. The molecule has 4 rings (SSSR count). The highest BCUT2D eigenvalue weighted by atomic mass is 19.4. The summed E-state index contributed by atoms with van der Waals surface area (Å²) in [6.07, 6.45) is -0.0304. The van der Waals surface area contributed by atoms with Crippen LogP contribution in [-0.4, -0.2) is 56.3 Å². The monoisotopic (exact) mass is 504 g/mol. The Kier molecular flexibility index (Phi) is 6.77. The first-order valence-electron chi connectivity index (χ1n) is 11.0. The van der Waals surface area contributed by atoms with Gasteiger partial charge in [-0.2, -0.15) is 23.3 Å². The van der Waals surface area contributed by atoms with Crippen molar-refractivity contribution in [2.24, 2.45) is 0 Å². The fraction of sp³-hybridized carbons (Fsp3) is 0.364. The van der Waals surface area contributed by atoms with Gasteiger partial charge >= 0.3 is 12.1 Å². The molecule has 4 heterocycles. The Morgan fingerprint density at radius 2 is 2.00 bits per heavy atom. The summed E-state index contributed by atoms with van der Waals surface area (Å²) in [5.74, 6) is -0.476. The summed E-state index contributed by atoms with van der Waals surface area (Å²) in [7, 11) is 1.69. The largest absolute Gasteiger partial charge is 0.461 e. The number of esters is 1. The smallest absolute Gasteiger partial charge is 0.433 e. The zero-order valence-corrected chi connectivity index (χ0v) is 19.6. The molecule has 190 valence electrons. The Bertz CT molecular complexity index is 1280. The maximum absolute atomic E-state index is 12.7. The van der Waals surface area contributed by atoms with E-state index in [1.54, 1.807) is 42.9 Å². The predicted octanol–water partition coefficient (Wildman–Crippen LogP) is 2.70. The van der Waals surface area contributed by atoms with E-state index in [9.17, 15) is 22.8 Å². The third-order valence-electron chi connectivity index (χ3n) is 5.50. The van der Waals surface area contributed by atoms with Crippen molar-refractivity contribution in [3.05, 3.63) is 53.2 Å². The van der Waals surface area contributed by atoms with Crippen molar-refractivity contribution < 1.29 is 27.5 Å². The first kappa shape index (κ1) is 24.9. The molecule has 0 fully saturated rings. The van der Waals surface area contributed by atoms with Crippen molar-refractivity contribution >= 4 is 29.3 Å². The molecule has 0 saturated carbocycles. The van der Waals surface area contributed by atoms with Crippen LogP contribution in [0, 0.1) is 0 Å². The van der Waals surface area contributed by atoms with Crippen LogP contribution in [0.4, 0.5) is 30.6 Å². The van der Waals surface area contributed by atoms with E-state index in [0.717, 1.165) is 17.8 Å². The maximum Gasteiger partial charge on any atom is 0.433 e. The molecule has 0 bridgehead atoms. The zero-order valence-electron chi connectivity index (χ0n) is 19.6. The lowest BCUT2D eigenvalue weighted by molar-refractivity contribution is -0.141. The Balaban J connectivity index is 1.49. The number of hydrogen-bond acceptors (Lipinski definition) is 9. The van der Waals surface area contributed by atoms with Gasteiger partial charge in [-0.15, -0.1) is 0 Å².